The van der Waals surface area contributed by atoms with Gasteiger partial charge in [-0.05, 0) is 38.8 Å². The van der Waals surface area contributed by atoms with Crippen LogP contribution in [0.25, 0.3) is 0 Å². The SMILES string of the molecule is CCC(N)(CC)CNC(=O)CCN1CCCC1. The Hall–Kier alpha value is -0.610. The molecule has 1 amide bonds. The molecule has 1 aliphatic rings. The maximum atomic E-state index is 11.7. The smallest absolute Gasteiger partial charge is 0.221 e. The van der Waals surface area contributed by atoms with Crippen LogP contribution < -0.4 is 11.1 Å². The number of nitrogens with one attached hydrogen (secondary N) is 1. The zero-order valence-corrected chi connectivity index (χ0v) is 11.3. The Morgan fingerprint density at radius 2 is 1.88 bits per heavy atom. The van der Waals surface area contributed by atoms with Crippen LogP contribution in [0.15, 0.2) is 0 Å². The molecule has 0 spiro atoms. The lowest BCUT2D eigenvalue weighted by molar-refractivity contribution is -0.121. The molecule has 3 N–H and O–H groups in total. The highest BCUT2D eigenvalue weighted by Crippen LogP contribution is 2.10. The number of hydrogen-bond donors (Lipinski definition) is 2. The minimum absolute atomic E-state index is 0.133. The molecule has 0 radical (unpaired) electrons. The van der Waals surface area contributed by atoms with E-state index in [-0.39, 0.29) is 11.4 Å². The van der Waals surface area contributed by atoms with Crippen LogP contribution >= 0.6 is 0 Å². The summed E-state index contributed by atoms with van der Waals surface area (Å²) in [6, 6.07) is 0. The third-order valence-electron chi connectivity index (χ3n) is 3.90. The van der Waals surface area contributed by atoms with Gasteiger partial charge in [-0.2, -0.15) is 0 Å². The lowest BCUT2D eigenvalue weighted by Gasteiger charge is -2.27. The van der Waals surface area contributed by atoms with Gasteiger partial charge in [0.25, 0.3) is 0 Å². The third-order valence-corrected chi connectivity index (χ3v) is 3.90. The number of rotatable bonds is 7. The lowest BCUT2D eigenvalue weighted by atomic mass is 9.94. The van der Waals surface area contributed by atoms with Crippen LogP contribution in [-0.4, -0.2) is 42.5 Å². The van der Waals surface area contributed by atoms with Gasteiger partial charge in [-0.1, -0.05) is 13.8 Å². The predicted octanol–water partition coefficient (Wildman–Crippen LogP) is 1.11. The van der Waals surface area contributed by atoms with Gasteiger partial charge in [0.05, 0.1) is 0 Å². The first kappa shape index (κ1) is 14.5. The number of likely N-dealkylation sites (tertiary alicyclic amines) is 1. The number of nitrogens with two attached hydrogens (primary N) is 1. The van der Waals surface area contributed by atoms with Crippen molar-refractivity contribution in [3.63, 3.8) is 0 Å². The van der Waals surface area contributed by atoms with Crippen LogP contribution in [0.3, 0.4) is 0 Å². The fourth-order valence-electron chi connectivity index (χ4n) is 2.13. The van der Waals surface area contributed by atoms with Gasteiger partial charge in [0.15, 0.2) is 0 Å². The molecule has 1 fully saturated rings. The van der Waals surface area contributed by atoms with Gasteiger partial charge in [0.1, 0.15) is 0 Å². The van der Waals surface area contributed by atoms with Crippen molar-refractivity contribution in [1.82, 2.24) is 10.2 Å². The van der Waals surface area contributed by atoms with Gasteiger partial charge in [0.2, 0.25) is 5.91 Å². The third kappa shape index (κ3) is 5.04. The zero-order valence-electron chi connectivity index (χ0n) is 11.3. The number of hydrogen-bond acceptors (Lipinski definition) is 3. The van der Waals surface area contributed by atoms with Crippen molar-refractivity contribution in [2.75, 3.05) is 26.2 Å². The number of carbonyl (C=O) groups is 1. The van der Waals surface area contributed by atoms with Crippen LogP contribution in [0.4, 0.5) is 0 Å². The van der Waals surface area contributed by atoms with E-state index >= 15 is 0 Å². The van der Waals surface area contributed by atoms with E-state index in [9.17, 15) is 4.79 Å². The Labute approximate surface area is 105 Å². The average molecular weight is 241 g/mol. The van der Waals surface area contributed by atoms with E-state index in [1.807, 2.05) is 0 Å². The van der Waals surface area contributed by atoms with E-state index in [0.717, 1.165) is 32.5 Å². The second kappa shape index (κ2) is 6.97. The zero-order chi connectivity index (χ0) is 12.7. The molecule has 1 aliphatic heterocycles. The Morgan fingerprint density at radius 3 is 2.41 bits per heavy atom. The van der Waals surface area contributed by atoms with Crippen LogP contribution in [0.1, 0.15) is 46.0 Å². The summed E-state index contributed by atoms with van der Waals surface area (Å²) in [6.45, 7) is 7.93. The first-order chi connectivity index (χ1) is 8.09. The molecule has 0 aliphatic carbocycles. The number of carbonyl (C=O) groups excluding carboxylic acids is 1. The van der Waals surface area contributed by atoms with E-state index in [1.54, 1.807) is 0 Å². The average Bonchev–Trinajstić information content (AvgIpc) is 2.86. The van der Waals surface area contributed by atoms with Crippen molar-refractivity contribution in [3.05, 3.63) is 0 Å². The highest BCUT2D eigenvalue weighted by molar-refractivity contribution is 5.76. The van der Waals surface area contributed by atoms with Gasteiger partial charge in [-0.15, -0.1) is 0 Å². The Bertz CT molecular complexity index is 233. The molecule has 1 heterocycles. The van der Waals surface area contributed by atoms with Crippen molar-refractivity contribution >= 4 is 5.91 Å². The molecule has 100 valence electrons. The summed E-state index contributed by atoms with van der Waals surface area (Å²) < 4.78 is 0. The second-order valence-electron chi connectivity index (χ2n) is 5.14. The lowest BCUT2D eigenvalue weighted by Crippen LogP contribution is -2.49. The molecule has 4 heteroatoms. The molecule has 0 atom stereocenters. The highest BCUT2D eigenvalue weighted by Gasteiger charge is 2.21. The first-order valence-electron chi connectivity index (χ1n) is 6.87. The molecule has 0 saturated carbocycles. The molecule has 0 aromatic heterocycles. The Balaban J connectivity index is 2.16. The van der Waals surface area contributed by atoms with Crippen molar-refractivity contribution in [2.24, 2.45) is 5.73 Å². The van der Waals surface area contributed by atoms with E-state index in [0.29, 0.717) is 13.0 Å². The van der Waals surface area contributed by atoms with Gasteiger partial charge >= 0.3 is 0 Å². The number of nitrogens with zero attached hydrogens (tertiary/aromatic N) is 1. The monoisotopic (exact) mass is 241 g/mol. The molecule has 1 rings (SSSR count). The Morgan fingerprint density at radius 1 is 1.29 bits per heavy atom. The quantitative estimate of drug-likeness (QED) is 0.702. The molecule has 0 aromatic rings. The molecular weight excluding hydrogens is 214 g/mol. The maximum Gasteiger partial charge on any atom is 0.221 e. The second-order valence-corrected chi connectivity index (χ2v) is 5.14. The summed E-state index contributed by atoms with van der Waals surface area (Å²) in [5.74, 6) is 0.133. The summed E-state index contributed by atoms with van der Waals surface area (Å²) in [5, 5.41) is 2.96. The van der Waals surface area contributed by atoms with Crippen LogP contribution in [-0.2, 0) is 4.79 Å². The molecule has 0 unspecified atom stereocenters. The van der Waals surface area contributed by atoms with Gasteiger partial charge in [-0.25, -0.2) is 0 Å². The normalized spacial score (nSPS) is 17.4. The van der Waals surface area contributed by atoms with Crippen molar-refractivity contribution in [2.45, 2.75) is 51.5 Å². The van der Waals surface area contributed by atoms with E-state index < -0.39 is 0 Å². The minimum atomic E-state index is -0.233. The topological polar surface area (TPSA) is 58.4 Å². The highest BCUT2D eigenvalue weighted by atomic mass is 16.1. The summed E-state index contributed by atoms with van der Waals surface area (Å²) in [6.07, 6.45) is 4.95. The largest absolute Gasteiger partial charge is 0.354 e. The van der Waals surface area contributed by atoms with E-state index in [2.05, 4.69) is 24.1 Å². The van der Waals surface area contributed by atoms with Crippen LogP contribution in [0.5, 0.6) is 0 Å². The fraction of sp³-hybridized carbons (Fsp3) is 0.923. The molecule has 17 heavy (non-hydrogen) atoms. The minimum Gasteiger partial charge on any atom is -0.354 e. The molecule has 0 aromatic carbocycles. The van der Waals surface area contributed by atoms with Gasteiger partial charge < -0.3 is 16.0 Å². The predicted molar refractivity (Wildman–Crippen MR) is 70.8 cm³/mol. The fourth-order valence-corrected chi connectivity index (χ4v) is 2.13. The maximum absolute atomic E-state index is 11.7. The van der Waals surface area contributed by atoms with Crippen molar-refractivity contribution in [1.29, 1.82) is 0 Å². The summed E-state index contributed by atoms with van der Waals surface area (Å²) >= 11 is 0. The van der Waals surface area contributed by atoms with E-state index in [1.165, 1.54) is 12.8 Å². The standard InChI is InChI=1S/C13H27N3O/c1-3-13(14,4-2)11-15-12(17)7-10-16-8-5-6-9-16/h3-11,14H2,1-2H3,(H,15,17). The van der Waals surface area contributed by atoms with Crippen molar-refractivity contribution in [3.8, 4) is 0 Å². The molecular formula is C13H27N3O. The Kier molecular flexibility index (Phi) is 5.92. The summed E-state index contributed by atoms with van der Waals surface area (Å²) in [5.41, 5.74) is 5.91. The van der Waals surface area contributed by atoms with Crippen LogP contribution in [0, 0.1) is 0 Å². The van der Waals surface area contributed by atoms with Crippen LogP contribution in [0.2, 0.25) is 0 Å². The van der Waals surface area contributed by atoms with Gasteiger partial charge in [-0.3, -0.25) is 4.79 Å². The number of amides is 1. The summed E-state index contributed by atoms with van der Waals surface area (Å²) in [7, 11) is 0. The summed E-state index contributed by atoms with van der Waals surface area (Å²) in [4.78, 5) is 14.0. The van der Waals surface area contributed by atoms with Gasteiger partial charge in [0, 0.05) is 25.0 Å². The first-order valence-corrected chi connectivity index (χ1v) is 6.87. The van der Waals surface area contributed by atoms with E-state index in [4.69, 9.17) is 5.73 Å². The molecule has 4 nitrogen and oxygen atoms in total. The molecule has 1 saturated heterocycles. The molecule has 0 bridgehead atoms. The van der Waals surface area contributed by atoms with Crippen molar-refractivity contribution < 1.29 is 4.79 Å².